The maximum absolute atomic E-state index is 9.67. The second-order valence-corrected chi connectivity index (χ2v) is 3.43. The third kappa shape index (κ3) is 6.32. The molecule has 0 spiro atoms. The third-order valence-corrected chi connectivity index (χ3v) is 1.94. The van der Waals surface area contributed by atoms with Gasteiger partial charge >= 0.3 is 0 Å². The normalized spacial score (nSPS) is 16.4. The second-order valence-electron chi connectivity index (χ2n) is 3.43. The zero-order valence-corrected chi connectivity index (χ0v) is 7.64. The van der Waals surface area contributed by atoms with Gasteiger partial charge in [0.2, 0.25) is 0 Å². The van der Waals surface area contributed by atoms with Crippen LogP contribution in [0, 0.1) is 0 Å². The molecule has 0 rings (SSSR count). The molecule has 0 saturated carbocycles. The van der Waals surface area contributed by atoms with Gasteiger partial charge in [0.1, 0.15) is 0 Å². The molecule has 11 heavy (non-hydrogen) atoms. The molecule has 0 aromatic rings. The maximum Gasteiger partial charge on any atom is 0.0620 e. The Morgan fingerprint density at radius 1 is 1.18 bits per heavy atom. The summed E-state index contributed by atoms with van der Waals surface area (Å²) < 4.78 is 0. The Balaban J connectivity index is 3.43. The van der Waals surface area contributed by atoms with Gasteiger partial charge in [-0.25, -0.2) is 0 Å². The van der Waals surface area contributed by atoms with Gasteiger partial charge in [0, 0.05) is 6.61 Å². The van der Waals surface area contributed by atoms with E-state index in [9.17, 15) is 5.11 Å². The Kier molecular flexibility index (Phi) is 5.51. The minimum Gasteiger partial charge on any atom is -0.396 e. The summed E-state index contributed by atoms with van der Waals surface area (Å²) in [5.41, 5.74) is -0.557. The number of hydrogen-bond donors (Lipinski definition) is 2. The highest BCUT2D eigenvalue weighted by molar-refractivity contribution is 4.71. The lowest BCUT2D eigenvalue weighted by Crippen LogP contribution is -2.23. The zero-order chi connectivity index (χ0) is 8.74. The van der Waals surface area contributed by atoms with Crippen LogP contribution in [-0.2, 0) is 0 Å². The van der Waals surface area contributed by atoms with E-state index in [0.717, 1.165) is 19.3 Å². The average Bonchev–Trinajstić information content (AvgIpc) is 1.97. The quantitative estimate of drug-likeness (QED) is 0.621. The van der Waals surface area contributed by atoms with E-state index in [1.807, 2.05) is 6.92 Å². The van der Waals surface area contributed by atoms with Gasteiger partial charge in [-0.3, -0.25) is 0 Å². The molecule has 0 aliphatic rings. The number of aliphatic hydroxyl groups is 2. The van der Waals surface area contributed by atoms with Gasteiger partial charge in [-0.1, -0.05) is 19.8 Å². The first-order valence-electron chi connectivity index (χ1n) is 4.45. The highest BCUT2D eigenvalue weighted by Crippen LogP contribution is 2.18. The molecular formula is C9H20O2. The molecule has 0 aliphatic heterocycles. The highest BCUT2D eigenvalue weighted by Gasteiger charge is 2.17. The summed E-state index contributed by atoms with van der Waals surface area (Å²) in [4.78, 5) is 0. The van der Waals surface area contributed by atoms with Crippen LogP contribution in [0.4, 0.5) is 0 Å². The Morgan fingerprint density at radius 3 is 2.18 bits per heavy atom. The molecule has 0 heterocycles. The number of aliphatic hydroxyl groups excluding tert-OH is 1. The van der Waals surface area contributed by atoms with Crippen LogP contribution in [0.15, 0.2) is 0 Å². The van der Waals surface area contributed by atoms with Crippen LogP contribution in [-0.4, -0.2) is 22.4 Å². The summed E-state index contributed by atoms with van der Waals surface area (Å²) in [6.07, 6.45) is 4.46. The third-order valence-electron chi connectivity index (χ3n) is 1.94. The summed E-state index contributed by atoms with van der Waals surface area (Å²) in [6, 6.07) is 0. The topological polar surface area (TPSA) is 40.5 Å². The second kappa shape index (κ2) is 5.56. The molecule has 1 unspecified atom stereocenters. The Labute approximate surface area is 69.2 Å². The molecule has 0 aliphatic carbocycles. The first-order chi connectivity index (χ1) is 5.12. The minimum absolute atomic E-state index is 0.183. The van der Waals surface area contributed by atoms with Gasteiger partial charge in [-0.2, -0.15) is 0 Å². The molecule has 0 saturated heterocycles. The van der Waals surface area contributed by atoms with Crippen molar-refractivity contribution in [1.29, 1.82) is 0 Å². The molecule has 0 amide bonds. The van der Waals surface area contributed by atoms with Gasteiger partial charge in [-0.05, 0) is 26.2 Å². The van der Waals surface area contributed by atoms with Crippen molar-refractivity contribution in [2.45, 2.75) is 51.6 Å². The van der Waals surface area contributed by atoms with Crippen LogP contribution in [0.1, 0.15) is 46.0 Å². The van der Waals surface area contributed by atoms with Crippen molar-refractivity contribution >= 4 is 0 Å². The minimum atomic E-state index is -0.557. The standard InChI is InChI=1S/C9H20O2/c1-3-4-6-9(2,11)7-5-8-10/h10-11H,3-8H2,1-2H3. The van der Waals surface area contributed by atoms with E-state index in [2.05, 4.69) is 6.92 Å². The summed E-state index contributed by atoms with van der Waals surface area (Å²) in [6.45, 7) is 4.14. The molecular weight excluding hydrogens is 140 g/mol. The van der Waals surface area contributed by atoms with Crippen LogP contribution >= 0.6 is 0 Å². The molecule has 2 heteroatoms. The summed E-state index contributed by atoms with van der Waals surface area (Å²) in [5, 5.41) is 18.2. The zero-order valence-electron chi connectivity index (χ0n) is 7.64. The van der Waals surface area contributed by atoms with Crippen molar-refractivity contribution in [3.63, 3.8) is 0 Å². The molecule has 0 fully saturated rings. The van der Waals surface area contributed by atoms with Gasteiger partial charge < -0.3 is 10.2 Å². The predicted molar refractivity (Wildman–Crippen MR) is 46.5 cm³/mol. The number of unbranched alkanes of at least 4 members (excludes halogenated alkanes) is 1. The Morgan fingerprint density at radius 2 is 1.73 bits per heavy atom. The molecule has 0 bridgehead atoms. The van der Waals surface area contributed by atoms with E-state index in [-0.39, 0.29) is 6.61 Å². The van der Waals surface area contributed by atoms with Crippen LogP contribution in [0.2, 0.25) is 0 Å². The van der Waals surface area contributed by atoms with E-state index < -0.39 is 5.60 Å². The maximum atomic E-state index is 9.67. The molecule has 68 valence electrons. The monoisotopic (exact) mass is 160 g/mol. The van der Waals surface area contributed by atoms with Crippen molar-refractivity contribution in [2.24, 2.45) is 0 Å². The van der Waals surface area contributed by atoms with Crippen molar-refractivity contribution in [3.05, 3.63) is 0 Å². The fraction of sp³-hybridized carbons (Fsp3) is 1.00. The van der Waals surface area contributed by atoms with Gasteiger partial charge in [0.25, 0.3) is 0 Å². The van der Waals surface area contributed by atoms with E-state index in [1.165, 1.54) is 0 Å². The molecule has 0 radical (unpaired) electrons. The van der Waals surface area contributed by atoms with Crippen molar-refractivity contribution in [2.75, 3.05) is 6.61 Å². The highest BCUT2D eigenvalue weighted by atomic mass is 16.3. The summed E-state index contributed by atoms with van der Waals surface area (Å²) in [7, 11) is 0. The Bertz CT molecular complexity index is 79.6. The summed E-state index contributed by atoms with van der Waals surface area (Å²) >= 11 is 0. The van der Waals surface area contributed by atoms with Crippen LogP contribution in [0.5, 0.6) is 0 Å². The van der Waals surface area contributed by atoms with Gasteiger partial charge in [-0.15, -0.1) is 0 Å². The molecule has 1 atom stereocenters. The van der Waals surface area contributed by atoms with E-state index in [4.69, 9.17) is 5.11 Å². The average molecular weight is 160 g/mol. The Hall–Kier alpha value is -0.0800. The summed E-state index contributed by atoms with van der Waals surface area (Å²) in [5.74, 6) is 0. The molecule has 2 nitrogen and oxygen atoms in total. The fourth-order valence-corrected chi connectivity index (χ4v) is 1.14. The van der Waals surface area contributed by atoms with Crippen molar-refractivity contribution in [3.8, 4) is 0 Å². The SMILES string of the molecule is CCCCC(C)(O)CCCO. The van der Waals surface area contributed by atoms with Gasteiger partial charge in [0.15, 0.2) is 0 Å². The smallest absolute Gasteiger partial charge is 0.0620 e. The van der Waals surface area contributed by atoms with Crippen molar-refractivity contribution in [1.82, 2.24) is 0 Å². The van der Waals surface area contributed by atoms with E-state index in [0.29, 0.717) is 12.8 Å². The molecule has 2 N–H and O–H groups in total. The lowest BCUT2D eigenvalue weighted by molar-refractivity contribution is 0.0331. The molecule has 0 aromatic carbocycles. The van der Waals surface area contributed by atoms with Crippen LogP contribution in [0.25, 0.3) is 0 Å². The van der Waals surface area contributed by atoms with Crippen molar-refractivity contribution < 1.29 is 10.2 Å². The lowest BCUT2D eigenvalue weighted by atomic mass is 9.94. The first-order valence-corrected chi connectivity index (χ1v) is 4.45. The number of rotatable bonds is 6. The van der Waals surface area contributed by atoms with E-state index in [1.54, 1.807) is 0 Å². The fourth-order valence-electron chi connectivity index (χ4n) is 1.14. The van der Waals surface area contributed by atoms with E-state index >= 15 is 0 Å². The molecule has 0 aromatic heterocycles. The number of hydrogen-bond acceptors (Lipinski definition) is 2. The predicted octanol–water partition coefficient (Wildman–Crippen LogP) is 1.70. The van der Waals surface area contributed by atoms with Crippen LogP contribution < -0.4 is 0 Å². The first kappa shape index (κ1) is 10.9. The lowest BCUT2D eigenvalue weighted by Gasteiger charge is -2.22. The van der Waals surface area contributed by atoms with Crippen LogP contribution in [0.3, 0.4) is 0 Å². The van der Waals surface area contributed by atoms with Gasteiger partial charge in [0.05, 0.1) is 5.60 Å². The largest absolute Gasteiger partial charge is 0.396 e.